The number of hydrogen-bond acceptors (Lipinski definition) is 7. The molecule has 0 bridgehead atoms. The first-order valence-electron chi connectivity index (χ1n) is 8.82. The molecule has 0 atom stereocenters. The predicted molar refractivity (Wildman–Crippen MR) is 105 cm³/mol. The van der Waals surface area contributed by atoms with Crippen LogP contribution in [0, 0.1) is 34.6 Å². The van der Waals surface area contributed by atoms with Gasteiger partial charge in [-0.2, -0.15) is 10.2 Å². The molecule has 3 heterocycles. The second kappa shape index (κ2) is 7.68. The highest BCUT2D eigenvalue weighted by molar-refractivity contribution is 7.89. The van der Waals surface area contributed by atoms with Crippen LogP contribution in [0.3, 0.4) is 0 Å². The molecule has 0 aliphatic rings. The molecule has 0 amide bonds. The lowest BCUT2D eigenvalue weighted by Crippen LogP contribution is -2.29. The van der Waals surface area contributed by atoms with Gasteiger partial charge in [-0.25, -0.2) is 27.8 Å². The van der Waals surface area contributed by atoms with E-state index in [0.29, 0.717) is 35.4 Å². The van der Waals surface area contributed by atoms with Crippen LogP contribution in [0.1, 0.15) is 28.6 Å². The van der Waals surface area contributed by atoms with E-state index in [1.54, 1.807) is 31.5 Å². The first-order chi connectivity index (χ1) is 13.2. The second-order valence-corrected chi connectivity index (χ2v) is 8.29. The molecule has 0 radical (unpaired) electrons. The van der Waals surface area contributed by atoms with E-state index in [0.717, 1.165) is 11.4 Å². The number of aryl methyl sites for hydroxylation is 5. The minimum atomic E-state index is -3.63. The molecule has 3 aromatic heterocycles. The quantitative estimate of drug-likeness (QED) is 0.506. The van der Waals surface area contributed by atoms with Crippen molar-refractivity contribution in [1.29, 1.82) is 0 Å². The highest BCUT2D eigenvalue weighted by Gasteiger charge is 2.21. The van der Waals surface area contributed by atoms with Gasteiger partial charge in [0.25, 0.3) is 0 Å². The first kappa shape index (κ1) is 20.0. The summed E-state index contributed by atoms with van der Waals surface area (Å²) in [6, 6.07) is 3.75. The summed E-state index contributed by atoms with van der Waals surface area (Å²) in [6.45, 7) is 9.57. The van der Waals surface area contributed by atoms with Gasteiger partial charge in [-0.05, 0) is 40.7 Å². The molecule has 0 aliphatic heterocycles. The molecule has 3 N–H and O–H groups in total. The van der Waals surface area contributed by atoms with Crippen LogP contribution in [-0.2, 0) is 10.0 Å². The van der Waals surface area contributed by atoms with Crippen molar-refractivity contribution in [3.63, 3.8) is 0 Å². The molecule has 0 saturated heterocycles. The maximum Gasteiger partial charge on any atom is 0.244 e. The summed E-state index contributed by atoms with van der Waals surface area (Å²) in [6.07, 6.45) is 0. The summed E-state index contributed by atoms with van der Waals surface area (Å²) in [4.78, 5) is 8.97. The maximum atomic E-state index is 12.4. The Morgan fingerprint density at radius 2 is 1.82 bits per heavy atom. The van der Waals surface area contributed by atoms with Gasteiger partial charge in [0.2, 0.25) is 10.0 Å². The van der Waals surface area contributed by atoms with Gasteiger partial charge in [0.15, 0.2) is 5.82 Å². The number of nitrogens with zero attached hydrogens (tertiary/aromatic N) is 5. The number of rotatable bonds is 7. The molecule has 3 aromatic rings. The fourth-order valence-electron chi connectivity index (χ4n) is 3.00. The van der Waals surface area contributed by atoms with E-state index >= 15 is 0 Å². The standard InChI is InChI=1S/C17H24N8O2S/c1-10-8-11(2)25(24-10)16-9-15(20-14(5)21-16)18-6-7-19-28(26,27)17-12(3)22-23-13(17)4/h8-9,19H,6-7H2,1-5H3,(H,22,23)(H,18,20,21). The van der Waals surface area contributed by atoms with Gasteiger partial charge in [0.1, 0.15) is 16.5 Å². The van der Waals surface area contributed by atoms with Gasteiger partial charge in [0, 0.05) is 24.8 Å². The van der Waals surface area contributed by atoms with E-state index in [1.165, 1.54) is 0 Å². The molecule has 10 nitrogen and oxygen atoms in total. The Morgan fingerprint density at radius 1 is 1.07 bits per heavy atom. The zero-order valence-corrected chi connectivity index (χ0v) is 17.3. The van der Waals surface area contributed by atoms with Gasteiger partial charge in [0.05, 0.1) is 17.1 Å². The zero-order chi connectivity index (χ0) is 20.5. The lowest BCUT2D eigenvalue weighted by molar-refractivity contribution is 0.581. The summed E-state index contributed by atoms with van der Waals surface area (Å²) < 4.78 is 29.2. The molecule has 0 spiro atoms. The molecule has 0 aliphatic carbocycles. The Hall–Kier alpha value is -2.79. The van der Waals surface area contributed by atoms with Crippen molar-refractivity contribution in [1.82, 2.24) is 34.7 Å². The van der Waals surface area contributed by atoms with Crippen LogP contribution in [-0.4, -0.2) is 51.5 Å². The van der Waals surface area contributed by atoms with E-state index in [4.69, 9.17) is 0 Å². The van der Waals surface area contributed by atoms with Gasteiger partial charge in [-0.3, -0.25) is 5.10 Å². The van der Waals surface area contributed by atoms with Crippen LogP contribution >= 0.6 is 0 Å². The fourth-order valence-corrected chi connectivity index (χ4v) is 4.39. The number of sulfonamides is 1. The number of anilines is 1. The minimum Gasteiger partial charge on any atom is -0.369 e. The molecule has 0 saturated carbocycles. The first-order valence-corrected chi connectivity index (χ1v) is 10.3. The Bertz CT molecular complexity index is 1080. The third kappa shape index (κ3) is 4.20. The molecule has 11 heteroatoms. The average Bonchev–Trinajstić information content (AvgIpc) is 3.12. The van der Waals surface area contributed by atoms with E-state index < -0.39 is 10.0 Å². The largest absolute Gasteiger partial charge is 0.369 e. The maximum absolute atomic E-state index is 12.4. The molecule has 28 heavy (non-hydrogen) atoms. The Kier molecular flexibility index (Phi) is 5.47. The van der Waals surface area contributed by atoms with Crippen molar-refractivity contribution >= 4 is 15.8 Å². The molecule has 150 valence electrons. The van der Waals surface area contributed by atoms with Gasteiger partial charge < -0.3 is 5.32 Å². The van der Waals surface area contributed by atoms with E-state index in [-0.39, 0.29) is 11.4 Å². The summed E-state index contributed by atoms with van der Waals surface area (Å²) in [5.74, 6) is 1.86. The third-order valence-corrected chi connectivity index (χ3v) is 5.83. The van der Waals surface area contributed by atoms with Crippen molar-refractivity contribution in [3.8, 4) is 5.82 Å². The molecule has 0 fully saturated rings. The van der Waals surface area contributed by atoms with Crippen LogP contribution < -0.4 is 10.0 Å². The highest BCUT2D eigenvalue weighted by Crippen LogP contribution is 2.16. The molecular formula is C17H24N8O2S. The van der Waals surface area contributed by atoms with E-state index in [9.17, 15) is 8.42 Å². The summed E-state index contributed by atoms with van der Waals surface area (Å²) in [5.41, 5.74) is 2.83. The van der Waals surface area contributed by atoms with Gasteiger partial charge in [-0.15, -0.1) is 0 Å². The molecular weight excluding hydrogens is 380 g/mol. The topological polar surface area (TPSA) is 130 Å². The van der Waals surface area contributed by atoms with Crippen molar-refractivity contribution in [2.45, 2.75) is 39.5 Å². The highest BCUT2D eigenvalue weighted by atomic mass is 32.2. The average molecular weight is 405 g/mol. The van der Waals surface area contributed by atoms with Crippen LogP contribution in [0.4, 0.5) is 5.82 Å². The predicted octanol–water partition coefficient (Wildman–Crippen LogP) is 1.32. The molecule has 3 rings (SSSR count). The number of hydrogen-bond donors (Lipinski definition) is 3. The van der Waals surface area contributed by atoms with Crippen molar-refractivity contribution in [2.75, 3.05) is 18.4 Å². The molecule has 0 unspecified atom stereocenters. The smallest absolute Gasteiger partial charge is 0.244 e. The Balaban J connectivity index is 1.66. The fraction of sp³-hybridized carbons (Fsp3) is 0.412. The normalized spacial score (nSPS) is 11.8. The van der Waals surface area contributed by atoms with Crippen LogP contribution in [0.5, 0.6) is 0 Å². The number of aromatic nitrogens is 6. The van der Waals surface area contributed by atoms with E-state index in [1.807, 2.05) is 19.9 Å². The van der Waals surface area contributed by atoms with Gasteiger partial charge >= 0.3 is 0 Å². The van der Waals surface area contributed by atoms with Crippen LogP contribution in [0.2, 0.25) is 0 Å². The van der Waals surface area contributed by atoms with Crippen molar-refractivity contribution in [3.05, 3.63) is 40.7 Å². The lowest BCUT2D eigenvalue weighted by Gasteiger charge is -2.11. The monoisotopic (exact) mass is 404 g/mol. The zero-order valence-electron chi connectivity index (χ0n) is 16.5. The Labute approximate surface area is 163 Å². The third-order valence-electron chi connectivity index (χ3n) is 4.10. The lowest BCUT2D eigenvalue weighted by atomic mass is 10.4. The Morgan fingerprint density at radius 3 is 2.43 bits per heavy atom. The van der Waals surface area contributed by atoms with Crippen LogP contribution in [0.15, 0.2) is 17.0 Å². The second-order valence-electron chi connectivity index (χ2n) is 6.59. The minimum absolute atomic E-state index is 0.192. The number of nitrogens with one attached hydrogen (secondary N) is 3. The van der Waals surface area contributed by atoms with E-state index in [2.05, 4.69) is 35.3 Å². The number of H-pyrrole nitrogens is 1. The van der Waals surface area contributed by atoms with Crippen molar-refractivity contribution < 1.29 is 8.42 Å². The van der Waals surface area contributed by atoms with Crippen LogP contribution in [0.25, 0.3) is 5.82 Å². The summed E-state index contributed by atoms with van der Waals surface area (Å²) in [7, 11) is -3.63. The SMILES string of the molecule is Cc1cc(C)n(-c2cc(NCCNS(=O)(=O)c3c(C)n[nH]c3C)nc(C)n2)n1. The summed E-state index contributed by atoms with van der Waals surface area (Å²) in [5, 5.41) is 14.2. The van der Waals surface area contributed by atoms with Gasteiger partial charge in [-0.1, -0.05) is 0 Å². The number of aromatic amines is 1. The summed E-state index contributed by atoms with van der Waals surface area (Å²) >= 11 is 0. The van der Waals surface area contributed by atoms with Crippen molar-refractivity contribution in [2.24, 2.45) is 0 Å². The molecule has 0 aromatic carbocycles.